The van der Waals surface area contributed by atoms with Crippen molar-refractivity contribution in [3.05, 3.63) is 64.1 Å². The van der Waals surface area contributed by atoms with Crippen molar-refractivity contribution in [2.45, 2.75) is 18.5 Å². The minimum Gasteiger partial charge on any atom is -0.337 e. The van der Waals surface area contributed by atoms with Crippen molar-refractivity contribution < 1.29 is 4.79 Å². The number of likely N-dealkylation sites (tertiary alicyclic amines) is 1. The first-order chi connectivity index (χ1) is 12.1. The van der Waals surface area contributed by atoms with E-state index in [2.05, 4.69) is 28.1 Å². The zero-order valence-electron chi connectivity index (χ0n) is 14.1. The molecule has 7 heteroatoms. The van der Waals surface area contributed by atoms with Crippen molar-refractivity contribution >= 4 is 5.91 Å². The summed E-state index contributed by atoms with van der Waals surface area (Å²) in [7, 11) is 1.56. The van der Waals surface area contributed by atoms with Crippen LogP contribution < -0.4 is 16.4 Å². The van der Waals surface area contributed by atoms with E-state index in [0.29, 0.717) is 30.7 Å². The molecule has 0 spiro atoms. The average molecular weight is 339 g/mol. The molecule has 4 rings (SSSR count). The van der Waals surface area contributed by atoms with Gasteiger partial charge in [0, 0.05) is 38.2 Å². The minimum absolute atomic E-state index is 0.118. The van der Waals surface area contributed by atoms with Crippen LogP contribution in [-0.2, 0) is 7.05 Å². The van der Waals surface area contributed by atoms with E-state index in [9.17, 15) is 9.59 Å². The van der Waals surface area contributed by atoms with Gasteiger partial charge in [-0.15, -0.1) is 0 Å². The lowest BCUT2D eigenvalue weighted by Gasteiger charge is -2.36. The molecule has 0 aliphatic carbocycles. The number of amides is 1. The number of carbonyl (C=O) groups is 1. The van der Waals surface area contributed by atoms with Crippen LogP contribution >= 0.6 is 0 Å². The molecule has 2 aromatic rings. The molecule has 3 unspecified atom stereocenters. The number of hydrazine groups is 1. The van der Waals surface area contributed by atoms with Crippen molar-refractivity contribution in [3.8, 4) is 0 Å². The van der Waals surface area contributed by atoms with Crippen LogP contribution in [0.15, 0.2) is 47.3 Å². The number of rotatable bonds is 2. The van der Waals surface area contributed by atoms with Gasteiger partial charge >= 0.3 is 0 Å². The Bertz CT molecular complexity index is 835. The van der Waals surface area contributed by atoms with E-state index in [1.807, 2.05) is 23.1 Å². The molecule has 2 aliphatic rings. The Morgan fingerprint density at radius 1 is 1.16 bits per heavy atom. The topological polar surface area (TPSA) is 79.3 Å². The lowest BCUT2D eigenvalue weighted by molar-refractivity contribution is 0.0644. The summed E-state index contributed by atoms with van der Waals surface area (Å²) in [4.78, 5) is 26.1. The van der Waals surface area contributed by atoms with E-state index < -0.39 is 0 Å². The van der Waals surface area contributed by atoms with E-state index >= 15 is 0 Å². The van der Waals surface area contributed by atoms with Gasteiger partial charge in [-0.05, 0) is 18.1 Å². The van der Waals surface area contributed by atoms with Gasteiger partial charge in [0.25, 0.3) is 11.5 Å². The first-order valence-electron chi connectivity index (χ1n) is 8.53. The highest BCUT2D eigenvalue weighted by molar-refractivity contribution is 5.92. The van der Waals surface area contributed by atoms with Gasteiger partial charge in [0.2, 0.25) is 0 Å². The Balaban J connectivity index is 1.54. The fourth-order valence-electron chi connectivity index (χ4n) is 3.76. The summed E-state index contributed by atoms with van der Waals surface area (Å²) in [5, 5.41) is 4.09. The summed E-state index contributed by atoms with van der Waals surface area (Å²) in [6.45, 7) is 1.34. The quantitative estimate of drug-likeness (QED) is 0.831. The average Bonchev–Trinajstić information content (AvgIpc) is 3.07. The molecule has 0 bridgehead atoms. The number of nitrogens with one attached hydrogen (secondary N) is 2. The number of hydrogen-bond donors (Lipinski definition) is 2. The summed E-state index contributed by atoms with van der Waals surface area (Å²) in [6, 6.07) is 13.7. The number of fused-ring (bicyclic) bond motifs is 1. The van der Waals surface area contributed by atoms with Crippen LogP contribution in [0.4, 0.5) is 0 Å². The van der Waals surface area contributed by atoms with Crippen molar-refractivity contribution in [2.75, 3.05) is 13.1 Å². The molecule has 2 fully saturated rings. The first kappa shape index (κ1) is 16.0. The number of benzene rings is 1. The third kappa shape index (κ3) is 2.96. The molecular formula is C18H21N5O2. The maximum absolute atomic E-state index is 12.8. The number of aryl methyl sites for hydroxylation is 1. The molecular weight excluding hydrogens is 318 g/mol. The Morgan fingerprint density at radius 3 is 2.72 bits per heavy atom. The van der Waals surface area contributed by atoms with Gasteiger partial charge in [-0.2, -0.15) is 5.10 Å². The zero-order valence-corrected chi connectivity index (χ0v) is 14.1. The zero-order chi connectivity index (χ0) is 17.4. The predicted molar refractivity (Wildman–Crippen MR) is 92.7 cm³/mol. The summed E-state index contributed by atoms with van der Waals surface area (Å²) in [6.07, 6.45) is 0.887. The first-order valence-corrected chi connectivity index (χ1v) is 8.53. The van der Waals surface area contributed by atoms with Gasteiger partial charge in [0.05, 0.1) is 6.04 Å². The van der Waals surface area contributed by atoms with Crippen LogP contribution in [-0.4, -0.2) is 39.7 Å². The van der Waals surface area contributed by atoms with Crippen LogP contribution in [0.1, 0.15) is 28.5 Å². The van der Waals surface area contributed by atoms with Crippen LogP contribution in [0.5, 0.6) is 0 Å². The summed E-state index contributed by atoms with van der Waals surface area (Å²) < 4.78 is 1.20. The Kier molecular flexibility index (Phi) is 4.10. The van der Waals surface area contributed by atoms with Gasteiger partial charge in [0.1, 0.15) is 5.69 Å². The molecule has 130 valence electrons. The molecule has 7 nitrogen and oxygen atoms in total. The molecule has 1 amide bonds. The van der Waals surface area contributed by atoms with E-state index in [0.717, 1.165) is 6.42 Å². The molecule has 2 N–H and O–H groups in total. The number of nitrogens with zero attached hydrogens (tertiary/aromatic N) is 3. The molecule has 2 aliphatic heterocycles. The van der Waals surface area contributed by atoms with Crippen LogP contribution in [0.25, 0.3) is 0 Å². The van der Waals surface area contributed by atoms with Crippen molar-refractivity contribution in [1.29, 1.82) is 0 Å². The Hall–Kier alpha value is -2.51. The van der Waals surface area contributed by atoms with Crippen molar-refractivity contribution in [3.63, 3.8) is 0 Å². The number of aromatic nitrogens is 2. The fraction of sp³-hybridized carbons (Fsp3) is 0.389. The van der Waals surface area contributed by atoms with Crippen molar-refractivity contribution in [1.82, 2.24) is 25.5 Å². The van der Waals surface area contributed by atoms with Crippen LogP contribution in [0.2, 0.25) is 0 Å². The van der Waals surface area contributed by atoms with E-state index in [1.54, 1.807) is 7.05 Å². The SMILES string of the molecule is Cn1nc(C(=O)N2CCC3NNC(c4ccccc4)C3C2)ccc1=O. The standard InChI is InChI=1S/C18H21N5O2/c1-22-16(24)8-7-15(21-22)18(25)23-10-9-14-13(11-23)17(20-19-14)12-5-3-2-4-6-12/h2-8,13-14,17,19-20H,9-11H2,1H3. The van der Waals surface area contributed by atoms with Gasteiger partial charge in [0.15, 0.2) is 0 Å². The second-order valence-corrected chi connectivity index (χ2v) is 6.67. The van der Waals surface area contributed by atoms with Gasteiger partial charge < -0.3 is 4.90 Å². The van der Waals surface area contributed by atoms with E-state index in [-0.39, 0.29) is 17.5 Å². The summed E-state index contributed by atoms with van der Waals surface area (Å²) in [5.74, 6) is 0.181. The summed E-state index contributed by atoms with van der Waals surface area (Å²) >= 11 is 0. The normalized spacial score (nSPS) is 25.6. The molecule has 3 heterocycles. The highest BCUT2D eigenvalue weighted by atomic mass is 16.2. The molecule has 0 saturated carbocycles. The van der Waals surface area contributed by atoms with E-state index in [4.69, 9.17) is 0 Å². The predicted octanol–water partition coefficient (Wildman–Crippen LogP) is 0.460. The fourth-order valence-corrected chi connectivity index (χ4v) is 3.76. The Labute approximate surface area is 145 Å². The third-order valence-corrected chi connectivity index (χ3v) is 5.14. The highest BCUT2D eigenvalue weighted by Gasteiger charge is 2.41. The lowest BCUT2D eigenvalue weighted by atomic mass is 9.85. The molecule has 0 radical (unpaired) electrons. The lowest BCUT2D eigenvalue weighted by Crippen LogP contribution is -2.48. The maximum Gasteiger partial charge on any atom is 0.274 e. The number of hydrogen-bond acceptors (Lipinski definition) is 5. The maximum atomic E-state index is 12.8. The number of piperidine rings is 1. The Morgan fingerprint density at radius 2 is 1.96 bits per heavy atom. The van der Waals surface area contributed by atoms with Gasteiger partial charge in [-0.3, -0.25) is 15.0 Å². The largest absolute Gasteiger partial charge is 0.337 e. The third-order valence-electron chi connectivity index (χ3n) is 5.14. The summed E-state index contributed by atoms with van der Waals surface area (Å²) in [5.41, 5.74) is 8.07. The minimum atomic E-state index is -0.219. The molecule has 2 saturated heterocycles. The molecule has 1 aromatic carbocycles. The van der Waals surface area contributed by atoms with Gasteiger partial charge in [-0.25, -0.2) is 10.1 Å². The van der Waals surface area contributed by atoms with Crippen LogP contribution in [0.3, 0.4) is 0 Å². The highest BCUT2D eigenvalue weighted by Crippen LogP contribution is 2.33. The molecule has 1 aromatic heterocycles. The second-order valence-electron chi connectivity index (χ2n) is 6.67. The van der Waals surface area contributed by atoms with Crippen LogP contribution in [0, 0.1) is 5.92 Å². The van der Waals surface area contributed by atoms with Crippen molar-refractivity contribution in [2.24, 2.45) is 13.0 Å². The molecule has 3 atom stereocenters. The monoisotopic (exact) mass is 339 g/mol. The second kappa shape index (κ2) is 6.42. The number of carbonyl (C=O) groups excluding carboxylic acids is 1. The van der Waals surface area contributed by atoms with E-state index in [1.165, 1.54) is 22.4 Å². The molecule has 25 heavy (non-hydrogen) atoms. The van der Waals surface area contributed by atoms with Gasteiger partial charge in [-0.1, -0.05) is 30.3 Å². The smallest absolute Gasteiger partial charge is 0.274 e.